The lowest BCUT2D eigenvalue weighted by atomic mass is 10.1. The number of carboxylic acids is 1. The highest BCUT2D eigenvalue weighted by atomic mass is 19.4. The first kappa shape index (κ1) is 15.3. The van der Waals surface area contributed by atoms with Gasteiger partial charge in [0.05, 0.1) is 0 Å². The van der Waals surface area contributed by atoms with Crippen LogP contribution in [0.25, 0.3) is 0 Å². The van der Waals surface area contributed by atoms with Crippen molar-refractivity contribution in [2.75, 3.05) is 13.1 Å². The first-order valence-electron chi connectivity index (χ1n) is 6.36. The Morgan fingerprint density at radius 1 is 1.43 bits per heavy atom. The van der Waals surface area contributed by atoms with Crippen LogP contribution in [0.1, 0.15) is 18.5 Å². The van der Waals surface area contributed by atoms with Crippen LogP contribution in [-0.4, -0.2) is 44.8 Å². The third-order valence-electron chi connectivity index (χ3n) is 3.33. The Hall–Kier alpha value is -2.06. The van der Waals surface area contributed by atoms with Gasteiger partial charge in [-0.3, -0.25) is 14.3 Å². The zero-order valence-electron chi connectivity index (χ0n) is 11.0. The van der Waals surface area contributed by atoms with E-state index in [9.17, 15) is 22.8 Å². The van der Waals surface area contributed by atoms with E-state index in [0.29, 0.717) is 19.5 Å². The number of nitrogens with zero attached hydrogens (tertiary/aromatic N) is 3. The van der Waals surface area contributed by atoms with E-state index in [1.54, 1.807) is 0 Å². The number of halogens is 3. The number of alkyl halides is 3. The lowest BCUT2D eigenvalue weighted by Crippen LogP contribution is -2.32. The Bertz CT molecular complexity index is 541. The van der Waals surface area contributed by atoms with Crippen molar-refractivity contribution in [3.05, 3.63) is 18.0 Å². The van der Waals surface area contributed by atoms with E-state index in [4.69, 9.17) is 5.11 Å². The number of rotatable bonds is 4. The van der Waals surface area contributed by atoms with Crippen LogP contribution in [0, 0.1) is 5.92 Å². The molecule has 2 rings (SSSR count). The summed E-state index contributed by atoms with van der Waals surface area (Å²) in [7, 11) is 0. The smallest absolute Gasteiger partial charge is 0.435 e. The molecular weight excluding hydrogens is 291 g/mol. The maximum atomic E-state index is 12.4. The Labute approximate surface area is 118 Å². The van der Waals surface area contributed by atoms with E-state index in [1.165, 1.54) is 4.90 Å². The normalized spacial score (nSPS) is 19.0. The summed E-state index contributed by atoms with van der Waals surface area (Å²) in [5.74, 6) is -1.38. The summed E-state index contributed by atoms with van der Waals surface area (Å²) in [5, 5.41) is 12.0. The molecule has 1 aliphatic heterocycles. The predicted molar refractivity (Wildman–Crippen MR) is 64.2 cm³/mol. The number of carbonyl (C=O) groups excluding carboxylic acids is 1. The summed E-state index contributed by atoms with van der Waals surface area (Å²) < 4.78 is 38.1. The summed E-state index contributed by atoms with van der Waals surface area (Å²) >= 11 is 0. The maximum absolute atomic E-state index is 12.4. The van der Waals surface area contributed by atoms with Crippen LogP contribution in [0.15, 0.2) is 12.3 Å². The van der Waals surface area contributed by atoms with Crippen LogP contribution in [0.3, 0.4) is 0 Å². The molecule has 1 aliphatic rings. The topological polar surface area (TPSA) is 75.4 Å². The third kappa shape index (κ3) is 3.96. The van der Waals surface area contributed by atoms with E-state index in [-0.39, 0.29) is 24.8 Å². The maximum Gasteiger partial charge on any atom is 0.435 e. The fraction of sp³-hybridized carbons (Fsp3) is 0.583. The number of hydrogen-bond donors (Lipinski definition) is 1. The van der Waals surface area contributed by atoms with E-state index in [1.807, 2.05) is 0 Å². The zero-order chi connectivity index (χ0) is 15.6. The molecule has 0 aromatic carbocycles. The first-order valence-corrected chi connectivity index (χ1v) is 6.36. The van der Waals surface area contributed by atoms with Gasteiger partial charge in [-0.15, -0.1) is 0 Å². The molecule has 21 heavy (non-hydrogen) atoms. The zero-order valence-corrected chi connectivity index (χ0v) is 11.0. The molecule has 6 nitrogen and oxygen atoms in total. The van der Waals surface area contributed by atoms with Gasteiger partial charge in [-0.2, -0.15) is 18.3 Å². The SMILES string of the molecule is O=C(O)CC1CCN(C(=O)Cn2ccc(C(F)(F)F)n2)C1. The van der Waals surface area contributed by atoms with Crippen LogP contribution in [0.5, 0.6) is 0 Å². The Balaban J connectivity index is 1.90. The number of aromatic nitrogens is 2. The van der Waals surface area contributed by atoms with Gasteiger partial charge in [0.1, 0.15) is 6.54 Å². The Morgan fingerprint density at radius 2 is 2.14 bits per heavy atom. The lowest BCUT2D eigenvalue weighted by molar-refractivity contribution is -0.142. The summed E-state index contributed by atoms with van der Waals surface area (Å²) in [6, 6.07) is 0.810. The minimum Gasteiger partial charge on any atom is -0.481 e. The fourth-order valence-electron chi connectivity index (χ4n) is 2.31. The number of aliphatic carboxylic acids is 1. The fourth-order valence-corrected chi connectivity index (χ4v) is 2.31. The van der Waals surface area contributed by atoms with Gasteiger partial charge in [0.25, 0.3) is 0 Å². The van der Waals surface area contributed by atoms with Crippen LogP contribution in [0.4, 0.5) is 13.2 Å². The molecule has 0 spiro atoms. The molecule has 0 bridgehead atoms. The van der Waals surface area contributed by atoms with Crippen LogP contribution in [-0.2, 0) is 22.3 Å². The summed E-state index contributed by atoms with van der Waals surface area (Å²) in [6.07, 6.45) is -2.85. The summed E-state index contributed by atoms with van der Waals surface area (Å²) in [5.41, 5.74) is -1.04. The van der Waals surface area contributed by atoms with Gasteiger partial charge >= 0.3 is 12.1 Å². The molecule has 116 valence electrons. The third-order valence-corrected chi connectivity index (χ3v) is 3.33. The second-order valence-corrected chi connectivity index (χ2v) is 4.99. The van der Waals surface area contributed by atoms with Gasteiger partial charge in [0.2, 0.25) is 5.91 Å². The highest BCUT2D eigenvalue weighted by molar-refractivity contribution is 5.76. The van der Waals surface area contributed by atoms with E-state index in [2.05, 4.69) is 5.10 Å². The van der Waals surface area contributed by atoms with Crippen molar-refractivity contribution in [2.24, 2.45) is 5.92 Å². The van der Waals surface area contributed by atoms with Crippen molar-refractivity contribution in [3.8, 4) is 0 Å². The van der Waals surface area contributed by atoms with Crippen LogP contribution < -0.4 is 0 Å². The molecule has 1 amide bonds. The first-order chi connectivity index (χ1) is 9.75. The highest BCUT2D eigenvalue weighted by Crippen LogP contribution is 2.27. The molecule has 1 aromatic rings. The van der Waals surface area contributed by atoms with E-state index in [0.717, 1.165) is 16.9 Å². The number of carbonyl (C=O) groups is 2. The summed E-state index contributed by atoms with van der Waals surface area (Å²) in [4.78, 5) is 24.0. The van der Waals surface area contributed by atoms with Crippen molar-refractivity contribution in [1.82, 2.24) is 14.7 Å². The van der Waals surface area contributed by atoms with Crippen molar-refractivity contribution in [2.45, 2.75) is 25.6 Å². The van der Waals surface area contributed by atoms with Crippen molar-refractivity contribution >= 4 is 11.9 Å². The van der Waals surface area contributed by atoms with Gasteiger partial charge in [0.15, 0.2) is 5.69 Å². The molecule has 1 fully saturated rings. The molecule has 0 saturated carbocycles. The van der Waals surface area contributed by atoms with Gasteiger partial charge < -0.3 is 10.0 Å². The number of hydrogen-bond acceptors (Lipinski definition) is 3. The number of carboxylic acid groups (broad SMARTS) is 1. The van der Waals surface area contributed by atoms with Gasteiger partial charge in [-0.25, -0.2) is 0 Å². The van der Waals surface area contributed by atoms with Crippen molar-refractivity contribution in [1.29, 1.82) is 0 Å². The minimum absolute atomic E-state index is 0.0101. The number of likely N-dealkylation sites (tertiary alicyclic amines) is 1. The highest BCUT2D eigenvalue weighted by Gasteiger charge is 2.34. The molecule has 1 atom stereocenters. The quantitative estimate of drug-likeness (QED) is 0.907. The second-order valence-electron chi connectivity index (χ2n) is 4.99. The predicted octanol–water partition coefficient (Wildman–Crippen LogP) is 1.23. The number of amides is 1. The van der Waals surface area contributed by atoms with Gasteiger partial charge in [0, 0.05) is 25.7 Å². The average molecular weight is 305 g/mol. The molecule has 1 N–H and O–H groups in total. The van der Waals surface area contributed by atoms with Crippen LogP contribution >= 0.6 is 0 Å². The molecule has 2 heterocycles. The van der Waals surface area contributed by atoms with Crippen molar-refractivity contribution < 1.29 is 27.9 Å². The largest absolute Gasteiger partial charge is 0.481 e. The van der Waals surface area contributed by atoms with E-state index < -0.39 is 17.8 Å². The minimum atomic E-state index is -4.53. The van der Waals surface area contributed by atoms with Gasteiger partial charge in [-0.05, 0) is 18.4 Å². The molecule has 0 aliphatic carbocycles. The monoisotopic (exact) mass is 305 g/mol. The van der Waals surface area contributed by atoms with Crippen molar-refractivity contribution in [3.63, 3.8) is 0 Å². The molecule has 1 aromatic heterocycles. The second kappa shape index (κ2) is 5.74. The standard InChI is InChI=1S/C12H14F3N3O3/c13-12(14,15)9-2-4-18(16-9)7-10(19)17-3-1-8(6-17)5-11(20)21/h2,4,8H,1,3,5-7H2,(H,20,21). The van der Waals surface area contributed by atoms with Gasteiger partial charge in [-0.1, -0.05) is 0 Å². The Kier molecular flexibility index (Phi) is 4.19. The average Bonchev–Trinajstić information content (AvgIpc) is 2.96. The summed E-state index contributed by atoms with van der Waals surface area (Å²) in [6.45, 7) is 0.457. The van der Waals surface area contributed by atoms with Crippen LogP contribution in [0.2, 0.25) is 0 Å². The molecule has 1 saturated heterocycles. The van der Waals surface area contributed by atoms with E-state index >= 15 is 0 Å². The lowest BCUT2D eigenvalue weighted by Gasteiger charge is -2.16. The molecular formula is C12H14F3N3O3. The molecule has 9 heteroatoms. The Morgan fingerprint density at radius 3 is 2.71 bits per heavy atom. The molecule has 0 radical (unpaired) electrons. The molecule has 1 unspecified atom stereocenters.